The van der Waals surface area contributed by atoms with Gasteiger partial charge in [-0.05, 0) is 28.7 Å². The number of rotatable bonds is 9. The summed E-state index contributed by atoms with van der Waals surface area (Å²) < 4.78 is 0. The van der Waals surface area contributed by atoms with E-state index in [2.05, 4.69) is 10.6 Å². The van der Waals surface area contributed by atoms with E-state index >= 15 is 0 Å². The minimum Gasteiger partial charge on any atom is -0.368 e. The van der Waals surface area contributed by atoms with Gasteiger partial charge in [0, 0.05) is 25.8 Å². The van der Waals surface area contributed by atoms with E-state index in [1.807, 2.05) is 56.3 Å². The van der Waals surface area contributed by atoms with Gasteiger partial charge in [0.15, 0.2) is 0 Å². The second kappa shape index (κ2) is 9.88. The Morgan fingerprint density at radius 1 is 1.04 bits per heavy atom. The minimum atomic E-state index is -0.826. The lowest BCUT2D eigenvalue weighted by Gasteiger charge is -2.22. The van der Waals surface area contributed by atoms with E-state index in [0.717, 1.165) is 16.3 Å². The molecule has 0 saturated heterocycles. The number of nitrogens with two attached hydrogens (primary N) is 1. The lowest BCUT2D eigenvalue weighted by atomic mass is 9.92. The predicted octanol–water partition coefficient (Wildman–Crippen LogP) is 2.15. The third-order valence-corrected chi connectivity index (χ3v) is 4.75. The Kier molecular flexibility index (Phi) is 7.55. The molecule has 2 aromatic rings. The van der Waals surface area contributed by atoms with Crippen LogP contribution in [0.1, 0.15) is 32.3 Å². The van der Waals surface area contributed by atoms with Gasteiger partial charge in [0.1, 0.15) is 6.04 Å². The fourth-order valence-corrected chi connectivity index (χ4v) is 3.29. The van der Waals surface area contributed by atoms with Gasteiger partial charge in [0.2, 0.25) is 17.7 Å². The molecule has 6 nitrogen and oxygen atoms in total. The van der Waals surface area contributed by atoms with Crippen molar-refractivity contribution < 1.29 is 14.4 Å². The van der Waals surface area contributed by atoms with Crippen molar-refractivity contribution in [2.24, 2.45) is 17.6 Å². The number of benzene rings is 2. The van der Waals surface area contributed by atoms with Crippen molar-refractivity contribution in [2.75, 3.05) is 7.05 Å². The molecule has 1 unspecified atom stereocenters. The first-order chi connectivity index (χ1) is 13.3. The topological polar surface area (TPSA) is 101 Å². The predicted molar refractivity (Wildman–Crippen MR) is 110 cm³/mol. The molecule has 6 heteroatoms. The van der Waals surface area contributed by atoms with Crippen LogP contribution in [0.4, 0.5) is 0 Å². The van der Waals surface area contributed by atoms with Gasteiger partial charge in [-0.1, -0.05) is 56.3 Å². The van der Waals surface area contributed by atoms with Gasteiger partial charge >= 0.3 is 0 Å². The number of amides is 3. The summed E-state index contributed by atoms with van der Waals surface area (Å²) in [4.78, 5) is 36.5. The van der Waals surface area contributed by atoms with Crippen molar-refractivity contribution in [3.8, 4) is 0 Å². The number of hydrogen-bond donors (Lipinski definition) is 3. The molecule has 0 fully saturated rings. The first-order valence-corrected chi connectivity index (χ1v) is 9.58. The molecule has 2 rings (SSSR count). The van der Waals surface area contributed by atoms with Crippen molar-refractivity contribution in [3.05, 3.63) is 48.0 Å². The highest BCUT2D eigenvalue weighted by molar-refractivity contribution is 5.90. The average molecular weight is 383 g/mol. The van der Waals surface area contributed by atoms with Crippen LogP contribution in [0, 0.1) is 11.8 Å². The second-order valence-electron chi connectivity index (χ2n) is 7.55. The van der Waals surface area contributed by atoms with Crippen LogP contribution in [0.3, 0.4) is 0 Å². The minimum absolute atomic E-state index is 0.0853. The normalized spacial score (nSPS) is 13.1. The van der Waals surface area contributed by atoms with Crippen molar-refractivity contribution in [1.29, 1.82) is 0 Å². The van der Waals surface area contributed by atoms with Gasteiger partial charge in [-0.2, -0.15) is 0 Å². The summed E-state index contributed by atoms with van der Waals surface area (Å²) in [6.07, 6.45) is 0.947. The third-order valence-electron chi connectivity index (χ3n) is 4.75. The fraction of sp³-hybridized carbons (Fsp3) is 0.409. The maximum atomic E-state index is 12.7. The summed E-state index contributed by atoms with van der Waals surface area (Å²) in [5.41, 5.74) is 6.45. The smallest absolute Gasteiger partial charge is 0.240 e. The lowest BCUT2D eigenvalue weighted by molar-refractivity contribution is -0.133. The van der Waals surface area contributed by atoms with Crippen LogP contribution in [-0.2, 0) is 20.8 Å². The van der Waals surface area contributed by atoms with Crippen LogP contribution < -0.4 is 16.4 Å². The number of fused-ring (bicyclic) bond motifs is 1. The van der Waals surface area contributed by atoms with Crippen molar-refractivity contribution in [3.63, 3.8) is 0 Å². The lowest BCUT2D eigenvalue weighted by Crippen LogP contribution is -2.48. The quantitative estimate of drug-likeness (QED) is 0.618. The molecular formula is C22H29N3O3. The Morgan fingerprint density at radius 3 is 2.32 bits per heavy atom. The van der Waals surface area contributed by atoms with Crippen LogP contribution in [0.5, 0.6) is 0 Å². The largest absolute Gasteiger partial charge is 0.368 e. The Labute approximate surface area is 165 Å². The zero-order valence-corrected chi connectivity index (χ0v) is 16.7. The van der Waals surface area contributed by atoms with E-state index in [9.17, 15) is 14.4 Å². The Bertz CT molecular complexity index is 848. The summed E-state index contributed by atoms with van der Waals surface area (Å²) in [6, 6.07) is 13.0. The Morgan fingerprint density at radius 2 is 1.71 bits per heavy atom. The monoisotopic (exact) mass is 383 g/mol. The second-order valence-corrected chi connectivity index (χ2v) is 7.55. The van der Waals surface area contributed by atoms with Gasteiger partial charge in [-0.25, -0.2) is 0 Å². The van der Waals surface area contributed by atoms with Crippen LogP contribution in [0.15, 0.2) is 42.5 Å². The van der Waals surface area contributed by atoms with Crippen LogP contribution in [-0.4, -0.2) is 30.8 Å². The molecule has 0 bridgehead atoms. The molecule has 0 aliphatic heterocycles. The van der Waals surface area contributed by atoms with E-state index < -0.39 is 17.9 Å². The number of primary amides is 1. The Hall–Kier alpha value is -2.89. The number of nitrogens with one attached hydrogen (secondary N) is 2. The summed E-state index contributed by atoms with van der Waals surface area (Å²) in [5, 5.41) is 7.47. The highest BCUT2D eigenvalue weighted by Crippen LogP contribution is 2.18. The molecular weight excluding hydrogens is 354 g/mol. The van der Waals surface area contributed by atoms with Crippen LogP contribution in [0.2, 0.25) is 0 Å². The first-order valence-electron chi connectivity index (χ1n) is 9.58. The summed E-state index contributed by atoms with van der Waals surface area (Å²) >= 11 is 0. The van der Waals surface area contributed by atoms with Gasteiger partial charge in [0.05, 0.1) is 0 Å². The van der Waals surface area contributed by atoms with Crippen LogP contribution in [0.25, 0.3) is 10.8 Å². The zero-order valence-electron chi connectivity index (χ0n) is 16.7. The summed E-state index contributed by atoms with van der Waals surface area (Å²) in [7, 11) is 1.54. The molecule has 0 aliphatic carbocycles. The van der Waals surface area contributed by atoms with Gasteiger partial charge in [-0.15, -0.1) is 0 Å². The van der Waals surface area contributed by atoms with E-state index in [0.29, 0.717) is 12.8 Å². The standard InChI is InChI=1S/C22H29N3O3/c1-14(2)10-18(13-20(26)24-3)22(28)25-19(21(23)27)12-15-8-9-16-6-4-5-7-17(16)11-15/h4-9,11,14,18-19H,10,12-13H2,1-3H3,(H2,23,27)(H,24,26)(H,25,28)/t18?,19-/m0/s1. The zero-order chi connectivity index (χ0) is 20.7. The molecule has 3 amide bonds. The van der Waals surface area contributed by atoms with Gasteiger partial charge < -0.3 is 16.4 Å². The van der Waals surface area contributed by atoms with E-state index in [-0.39, 0.29) is 24.2 Å². The molecule has 28 heavy (non-hydrogen) atoms. The van der Waals surface area contributed by atoms with Gasteiger partial charge in [-0.3, -0.25) is 14.4 Å². The maximum Gasteiger partial charge on any atom is 0.240 e. The molecule has 0 spiro atoms. The number of carbonyl (C=O) groups excluding carboxylic acids is 3. The van der Waals surface area contributed by atoms with Crippen LogP contribution >= 0.6 is 0 Å². The molecule has 2 aromatic carbocycles. The SMILES string of the molecule is CNC(=O)CC(CC(C)C)C(=O)N[C@@H](Cc1ccc2ccccc2c1)C(N)=O. The highest BCUT2D eigenvalue weighted by Gasteiger charge is 2.26. The molecule has 0 aromatic heterocycles. The van der Waals surface area contributed by atoms with E-state index in [4.69, 9.17) is 5.73 Å². The molecule has 4 N–H and O–H groups in total. The van der Waals surface area contributed by atoms with E-state index in [1.165, 1.54) is 0 Å². The maximum absolute atomic E-state index is 12.7. The number of carbonyl (C=O) groups is 3. The van der Waals surface area contributed by atoms with Crippen molar-refractivity contribution in [1.82, 2.24) is 10.6 Å². The summed E-state index contributed by atoms with van der Waals surface area (Å²) in [5.74, 6) is -1.37. The number of hydrogen-bond acceptors (Lipinski definition) is 3. The Balaban J connectivity index is 2.13. The molecule has 0 aliphatic rings. The first kappa shape index (κ1) is 21.4. The average Bonchev–Trinajstić information content (AvgIpc) is 2.66. The highest BCUT2D eigenvalue weighted by atomic mass is 16.2. The van der Waals surface area contributed by atoms with Crippen molar-refractivity contribution >= 4 is 28.5 Å². The molecule has 2 atom stereocenters. The van der Waals surface area contributed by atoms with E-state index in [1.54, 1.807) is 7.05 Å². The molecule has 0 heterocycles. The summed E-state index contributed by atoms with van der Waals surface area (Å²) in [6.45, 7) is 3.98. The van der Waals surface area contributed by atoms with Crippen molar-refractivity contribution in [2.45, 2.75) is 39.2 Å². The molecule has 150 valence electrons. The third kappa shape index (κ3) is 6.08. The molecule has 0 saturated carbocycles. The van der Waals surface area contributed by atoms with Gasteiger partial charge in [0.25, 0.3) is 0 Å². The fourth-order valence-electron chi connectivity index (χ4n) is 3.29. The molecule has 0 radical (unpaired) electrons.